The van der Waals surface area contributed by atoms with Gasteiger partial charge in [-0.25, -0.2) is 0 Å². The molecule has 0 aromatic heterocycles. The van der Waals surface area contributed by atoms with Gasteiger partial charge in [0.25, 0.3) is 5.91 Å². The molecule has 0 fully saturated rings. The molecule has 5 nitrogen and oxygen atoms in total. The first-order valence-corrected chi connectivity index (χ1v) is 5.03. The highest BCUT2D eigenvalue weighted by atomic mass is 35.5. The maximum Gasteiger partial charge on any atom is 0.251 e. The molecule has 2 amide bonds. The Kier molecular flexibility index (Phi) is 6.93. The molecule has 0 radical (unpaired) electrons. The zero-order chi connectivity index (χ0) is 12.0. The molecule has 17 heavy (non-hydrogen) atoms. The number of benzene rings is 1. The van der Waals surface area contributed by atoms with Crippen molar-refractivity contribution in [3.8, 4) is 0 Å². The molecular weight excluding hydrogens is 242 g/mol. The third-order valence-electron chi connectivity index (χ3n) is 2.08. The van der Waals surface area contributed by atoms with Crippen LogP contribution in [0.2, 0.25) is 0 Å². The van der Waals surface area contributed by atoms with Crippen molar-refractivity contribution >= 4 is 24.2 Å². The smallest absolute Gasteiger partial charge is 0.251 e. The number of rotatable bonds is 5. The molecule has 0 bridgehead atoms. The van der Waals surface area contributed by atoms with Gasteiger partial charge in [-0.3, -0.25) is 9.59 Å². The highest BCUT2D eigenvalue weighted by Crippen LogP contribution is 2.04. The third-order valence-corrected chi connectivity index (χ3v) is 2.08. The van der Waals surface area contributed by atoms with E-state index in [9.17, 15) is 9.59 Å². The Hall–Kier alpha value is -1.59. The van der Waals surface area contributed by atoms with Crippen molar-refractivity contribution in [1.29, 1.82) is 0 Å². The predicted octanol–water partition coefficient (Wildman–Crippen LogP) is 0.286. The molecule has 0 spiro atoms. The minimum absolute atomic E-state index is 0. The fourth-order valence-electron chi connectivity index (χ4n) is 1.22. The summed E-state index contributed by atoms with van der Waals surface area (Å²) in [5.41, 5.74) is 11.2. The van der Waals surface area contributed by atoms with Crippen LogP contribution in [0.3, 0.4) is 0 Å². The van der Waals surface area contributed by atoms with Crippen LogP contribution in [0.1, 0.15) is 27.1 Å². The van der Waals surface area contributed by atoms with Crippen LogP contribution in [0.15, 0.2) is 24.3 Å². The van der Waals surface area contributed by atoms with E-state index in [1.807, 2.05) is 0 Å². The molecule has 1 aromatic carbocycles. The standard InChI is InChI=1S/C11H15N3O2.ClH/c12-5-2-6-14-11(16)9-4-1-3-8(7-9)10(13)15;/h1,3-4,7H,2,5-6,12H2,(H2,13,15)(H,14,16);1H. The van der Waals surface area contributed by atoms with E-state index in [0.717, 1.165) is 6.42 Å². The third kappa shape index (κ3) is 4.84. The molecule has 0 saturated heterocycles. The average molecular weight is 258 g/mol. The Bertz CT molecular complexity index is 396. The van der Waals surface area contributed by atoms with Gasteiger partial charge in [-0.15, -0.1) is 12.4 Å². The minimum Gasteiger partial charge on any atom is -0.366 e. The van der Waals surface area contributed by atoms with E-state index in [1.54, 1.807) is 18.2 Å². The summed E-state index contributed by atoms with van der Waals surface area (Å²) in [6.07, 6.45) is 0.723. The van der Waals surface area contributed by atoms with Crippen LogP contribution in [0, 0.1) is 0 Å². The van der Waals surface area contributed by atoms with Crippen LogP contribution in [-0.2, 0) is 0 Å². The van der Waals surface area contributed by atoms with Gasteiger partial charge in [-0.1, -0.05) is 6.07 Å². The summed E-state index contributed by atoms with van der Waals surface area (Å²) in [5.74, 6) is -0.770. The number of carbonyl (C=O) groups excluding carboxylic acids is 2. The Morgan fingerprint density at radius 3 is 2.47 bits per heavy atom. The van der Waals surface area contributed by atoms with E-state index < -0.39 is 5.91 Å². The SMILES string of the molecule is Cl.NCCCNC(=O)c1cccc(C(N)=O)c1. The van der Waals surface area contributed by atoms with Crippen LogP contribution < -0.4 is 16.8 Å². The fraction of sp³-hybridized carbons (Fsp3) is 0.273. The van der Waals surface area contributed by atoms with Crippen molar-refractivity contribution in [2.75, 3.05) is 13.1 Å². The van der Waals surface area contributed by atoms with Crippen LogP contribution in [0.5, 0.6) is 0 Å². The van der Waals surface area contributed by atoms with Gasteiger partial charge in [0.05, 0.1) is 0 Å². The zero-order valence-electron chi connectivity index (χ0n) is 9.31. The van der Waals surface area contributed by atoms with Crippen molar-refractivity contribution in [1.82, 2.24) is 5.32 Å². The van der Waals surface area contributed by atoms with Gasteiger partial charge in [0.15, 0.2) is 0 Å². The summed E-state index contributed by atoms with van der Waals surface area (Å²) in [4.78, 5) is 22.5. The molecular formula is C11H16ClN3O2. The van der Waals surface area contributed by atoms with E-state index in [-0.39, 0.29) is 18.3 Å². The number of amides is 2. The lowest BCUT2D eigenvalue weighted by atomic mass is 10.1. The van der Waals surface area contributed by atoms with Crippen LogP contribution in [0.25, 0.3) is 0 Å². The maximum absolute atomic E-state index is 11.6. The lowest BCUT2D eigenvalue weighted by molar-refractivity contribution is 0.0953. The molecule has 0 atom stereocenters. The highest BCUT2D eigenvalue weighted by molar-refractivity contribution is 5.99. The molecule has 0 heterocycles. The summed E-state index contributed by atoms with van der Waals surface area (Å²) in [6.45, 7) is 1.05. The number of nitrogens with one attached hydrogen (secondary N) is 1. The molecule has 1 rings (SSSR count). The van der Waals surface area contributed by atoms with Gasteiger partial charge < -0.3 is 16.8 Å². The number of hydrogen-bond acceptors (Lipinski definition) is 3. The molecule has 94 valence electrons. The van der Waals surface area contributed by atoms with E-state index in [1.165, 1.54) is 6.07 Å². The summed E-state index contributed by atoms with van der Waals surface area (Å²) in [5, 5.41) is 2.69. The monoisotopic (exact) mass is 257 g/mol. The Morgan fingerprint density at radius 2 is 1.88 bits per heavy atom. The van der Waals surface area contributed by atoms with Gasteiger partial charge in [-0.05, 0) is 31.2 Å². The molecule has 0 aliphatic carbocycles. The summed E-state index contributed by atoms with van der Waals surface area (Å²) in [7, 11) is 0. The lowest BCUT2D eigenvalue weighted by Gasteiger charge is -2.04. The molecule has 0 unspecified atom stereocenters. The topological polar surface area (TPSA) is 98.2 Å². The number of primary amides is 1. The first-order chi connectivity index (χ1) is 7.65. The fourth-order valence-corrected chi connectivity index (χ4v) is 1.22. The lowest BCUT2D eigenvalue weighted by Crippen LogP contribution is -2.26. The van der Waals surface area contributed by atoms with E-state index >= 15 is 0 Å². The van der Waals surface area contributed by atoms with Gasteiger partial charge >= 0.3 is 0 Å². The predicted molar refractivity (Wildman–Crippen MR) is 68.2 cm³/mol. The summed E-state index contributed by atoms with van der Waals surface area (Å²) < 4.78 is 0. The molecule has 6 heteroatoms. The Morgan fingerprint density at radius 1 is 1.24 bits per heavy atom. The van der Waals surface area contributed by atoms with Crippen LogP contribution >= 0.6 is 12.4 Å². The molecule has 0 saturated carbocycles. The Balaban J connectivity index is 0.00000256. The molecule has 5 N–H and O–H groups in total. The van der Waals surface area contributed by atoms with Gasteiger partial charge in [0.1, 0.15) is 0 Å². The second kappa shape index (κ2) is 7.65. The minimum atomic E-state index is -0.545. The summed E-state index contributed by atoms with van der Waals surface area (Å²) in [6, 6.07) is 6.29. The van der Waals surface area contributed by atoms with Crippen molar-refractivity contribution in [2.45, 2.75) is 6.42 Å². The van der Waals surface area contributed by atoms with Crippen molar-refractivity contribution < 1.29 is 9.59 Å². The number of nitrogens with two attached hydrogens (primary N) is 2. The van der Waals surface area contributed by atoms with E-state index in [2.05, 4.69) is 5.32 Å². The number of hydrogen-bond donors (Lipinski definition) is 3. The molecule has 0 aliphatic heterocycles. The normalized spacial score (nSPS) is 9.24. The van der Waals surface area contributed by atoms with Gasteiger partial charge in [0.2, 0.25) is 5.91 Å². The van der Waals surface area contributed by atoms with Crippen LogP contribution in [-0.4, -0.2) is 24.9 Å². The first kappa shape index (κ1) is 15.4. The first-order valence-electron chi connectivity index (χ1n) is 5.03. The largest absolute Gasteiger partial charge is 0.366 e. The zero-order valence-corrected chi connectivity index (χ0v) is 10.1. The number of carbonyl (C=O) groups is 2. The number of halogens is 1. The molecule has 0 aliphatic rings. The maximum atomic E-state index is 11.6. The van der Waals surface area contributed by atoms with Gasteiger partial charge in [-0.2, -0.15) is 0 Å². The van der Waals surface area contributed by atoms with Crippen molar-refractivity contribution in [3.63, 3.8) is 0 Å². The van der Waals surface area contributed by atoms with Crippen LogP contribution in [0.4, 0.5) is 0 Å². The average Bonchev–Trinajstić information content (AvgIpc) is 2.29. The van der Waals surface area contributed by atoms with Crippen molar-refractivity contribution in [3.05, 3.63) is 35.4 Å². The van der Waals surface area contributed by atoms with E-state index in [0.29, 0.717) is 24.2 Å². The second-order valence-electron chi connectivity index (χ2n) is 3.34. The van der Waals surface area contributed by atoms with Gasteiger partial charge in [0, 0.05) is 17.7 Å². The highest BCUT2D eigenvalue weighted by Gasteiger charge is 2.07. The van der Waals surface area contributed by atoms with E-state index in [4.69, 9.17) is 11.5 Å². The Labute approximate surface area is 106 Å². The van der Waals surface area contributed by atoms with Crippen molar-refractivity contribution in [2.24, 2.45) is 11.5 Å². The second-order valence-corrected chi connectivity index (χ2v) is 3.34. The summed E-state index contributed by atoms with van der Waals surface area (Å²) >= 11 is 0. The molecule has 1 aromatic rings. The quantitative estimate of drug-likeness (QED) is 0.661.